The van der Waals surface area contributed by atoms with E-state index in [9.17, 15) is 4.79 Å². The Hall–Kier alpha value is -2.16. The first-order valence-corrected chi connectivity index (χ1v) is 9.76. The highest BCUT2D eigenvalue weighted by molar-refractivity contribution is 5.74. The largest absolute Gasteiger partial charge is 0.348 e. The van der Waals surface area contributed by atoms with Crippen LogP contribution >= 0.6 is 0 Å². The Balaban J connectivity index is 1.75. The van der Waals surface area contributed by atoms with Gasteiger partial charge < -0.3 is 5.32 Å². The second-order valence-electron chi connectivity index (χ2n) is 8.33. The van der Waals surface area contributed by atoms with E-state index < -0.39 is 0 Å². The standard InChI is InChI=1S/C23H30N2O/c1-18-12-13-20(23(2,3)19-10-6-4-7-11-19)21(16-18)24-22(26)17-25-14-8-5-9-15-25/h4-11,14-15,18,20-21H,12-13,16-17H2,1-3H3/p+1/t18-,20-,21-/m1/s1. The molecule has 1 amide bonds. The molecular weight excluding hydrogens is 320 g/mol. The van der Waals surface area contributed by atoms with Crippen molar-refractivity contribution in [1.82, 2.24) is 5.32 Å². The summed E-state index contributed by atoms with van der Waals surface area (Å²) >= 11 is 0. The summed E-state index contributed by atoms with van der Waals surface area (Å²) in [4.78, 5) is 12.7. The molecule has 3 heteroatoms. The number of nitrogens with one attached hydrogen (secondary N) is 1. The van der Waals surface area contributed by atoms with E-state index in [1.165, 1.54) is 12.0 Å². The van der Waals surface area contributed by atoms with E-state index in [1.807, 2.05) is 35.2 Å². The molecule has 2 aromatic rings. The molecule has 138 valence electrons. The summed E-state index contributed by atoms with van der Waals surface area (Å²) in [6.07, 6.45) is 7.34. The lowest BCUT2D eigenvalue weighted by atomic mass is 9.63. The first kappa shape index (κ1) is 18.6. The van der Waals surface area contributed by atoms with Gasteiger partial charge in [0.2, 0.25) is 6.54 Å². The maximum atomic E-state index is 12.7. The SMILES string of the molecule is C[C@@H]1CC[C@@H](C(C)(C)c2ccccc2)[C@H](NC(=O)C[n+]2ccccc2)C1. The molecule has 0 aliphatic heterocycles. The minimum Gasteiger partial charge on any atom is -0.348 e. The van der Waals surface area contributed by atoms with Crippen molar-refractivity contribution in [3.63, 3.8) is 0 Å². The number of aromatic nitrogens is 1. The first-order valence-electron chi connectivity index (χ1n) is 9.76. The van der Waals surface area contributed by atoms with Crippen molar-refractivity contribution in [2.45, 2.75) is 58.0 Å². The zero-order chi connectivity index (χ0) is 18.6. The molecule has 3 atom stereocenters. The summed E-state index contributed by atoms with van der Waals surface area (Å²) in [6.45, 7) is 7.34. The third kappa shape index (κ3) is 4.32. The summed E-state index contributed by atoms with van der Waals surface area (Å²) in [5, 5.41) is 3.36. The van der Waals surface area contributed by atoms with Gasteiger partial charge in [-0.1, -0.05) is 63.6 Å². The van der Waals surface area contributed by atoms with E-state index in [0.29, 0.717) is 18.4 Å². The Morgan fingerprint density at radius 2 is 1.73 bits per heavy atom. The molecule has 1 saturated carbocycles. The van der Waals surface area contributed by atoms with E-state index in [4.69, 9.17) is 0 Å². The number of carbonyl (C=O) groups excluding carboxylic acids is 1. The van der Waals surface area contributed by atoms with Gasteiger partial charge in [0.1, 0.15) is 0 Å². The van der Waals surface area contributed by atoms with Gasteiger partial charge in [-0.15, -0.1) is 0 Å². The highest BCUT2D eigenvalue weighted by atomic mass is 16.2. The average molecular weight is 352 g/mol. The topological polar surface area (TPSA) is 33.0 Å². The van der Waals surface area contributed by atoms with Crippen LogP contribution in [0, 0.1) is 11.8 Å². The number of pyridine rings is 1. The van der Waals surface area contributed by atoms with Crippen molar-refractivity contribution in [3.8, 4) is 0 Å². The average Bonchev–Trinajstić information content (AvgIpc) is 2.63. The van der Waals surface area contributed by atoms with Crippen molar-refractivity contribution in [2.75, 3.05) is 0 Å². The summed E-state index contributed by atoms with van der Waals surface area (Å²) in [6, 6.07) is 16.8. The van der Waals surface area contributed by atoms with Crippen LogP contribution in [0.2, 0.25) is 0 Å². The van der Waals surface area contributed by atoms with Gasteiger partial charge in [0.15, 0.2) is 12.4 Å². The minimum absolute atomic E-state index is 0.0409. The Morgan fingerprint density at radius 1 is 1.08 bits per heavy atom. The van der Waals surface area contributed by atoms with Gasteiger partial charge in [-0.2, -0.15) is 4.57 Å². The molecule has 0 bridgehead atoms. The molecule has 1 aromatic carbocycles. The van der Waals surface area contributed by atoms with Crippen LogP contribution < -0.4 is 9.88 Å². The summed E-state index contributed by atoms with van der Waals surface area (Å²) in [5.41, 5.74) is 1.40. The van der Waals surface area contributed by atoms with Crippen LogP contribution in [0.15, 0.2) is 60.9 Å². The smallest absolute Gasteiger partial charge is 0.286 e. The fourth-order valence-corrected chi connectivity index (χ4v) is 4.44. The lowest BCUT2D eigenvalue weighted by Gasteiger charge is -2.44. The predicted octanol–water partition coefficient (Wildman–Crippen LogP) is 3.87. The monoisotopic (exact) mass is 351 g/mol. The van der Waals surface area contributed by atoms with Crippen LogP contribution in [0.3, 0.4) is 0 Å². The van der Waals surface area contributed by atoms with E-state index in [1.54, 1.807) is 0 Å². The number of carbonyl (C=O) groups is 1. The molecule has 1 aliphatic carbocycles. The molecule has 1 aromatic heterocycles. The predicted molar refractivity (Wildman–Crippen MR) is 105 cm³/mol. The Bertz CT molecular complexity index is 712. The molecule has 26 heavy (non-hydrogen) atoms. The van der Waals surface area contributed by atoms with Gasteiger partial charge in [-0.25, -0.2) is 0 Å². The molecule has 0 saturated heterocycles. The summed E-state index contributed by atoms with van der Waals surface area (Å²) in [7, 11) is 0. The van der Waals surface area contributed by atoms with Gasteiger partial charge in [0.05, 0.1) is 0 Å². The Morgan fingerprint density at radius 3 is 2.42 bits per heavy atom. The zero-order valence-corrected chi connectivity index (χ0v) is 16.2. The van der Waals surface area contributed by atoms with Crippen LogP contribution in [0.5, 0.6) is 0 Å². The molecule has 0 spiro atoms. The lowest BCUT2D eigenvalue weighted by molar-refractivity contribution is -0.684. The van der Waals surface area contributed by atoms with Crippen LogP contribution in [-0.2, 0) is 16.8 Å². The normalized spacial score (nSPS) is 23.4. The number of amides is 1. The number of rotatable bonds is 5. The minimum atomic E-state index is 0.0409. The van der Waals surface area contributed by atoms with Gasteiger partial charge in [0, 0.05) is 18.2 Å². The van der Waals surface area contributed by atoms with Crippen molar-refractivity contribution < 1.29 is 9.36 Å². The van der Waals surface area contributed by atoms with Crippen LogP contribution in [-0.4, -0.2) is 11.9 Å². The van der Waals surface area contributed by atoms with Gasteiger partial charge in [-0.3, -0.25) is 4.79 Å². The van der Waals surface area contributed by atoms with Crippen LogP contribution in [0.4, 0.5) is 0 Å². The molecule has 1 N–H and O–H groups in total. The van der Waals surface area contributed by atoms with Gasteiger partial charge in [-0.05, 0) is 35.7 Å². The van der Waals surface area contributed by atoms with Crippen LogP contribution in [0.25, 0.3) is 0 Å². The highest BCUT2D eigenvalue weighted by Gasteiger charge is 2.40. The molecule has 0 radical (unpaired) electrons. The van der Waals surface area contributed by atoms with Crippen LogP contribution in [0.1, 0.15) is 45.6 Å². The molecule has 0 unspecified atom stereocenters. The lowest BCUT2D eigenvalue weighted by Crippen LogP contribution is -2.53. The Labute approximate surface area is 157 Å². The molecular formula is C23H31N2O+. The molecule has 1 heterocycles. The third-order valence-corrected chi connectivity index (χ3v) is 6.01. The number of nitrogens with zero attached hydrogens (tertiary/aromatic N) is 1. The van der Waals surface area contributed by atoms with Crippen molar-refractivity contribution in [2.24, 2.45) is 11.8 Å². The number of hydrogen-bond acceptors (Lipinski definition) is 1. The number of hydrogen-bond donors (Lipinski definition) is 1. The summed E-state index contributed by atoms with van der Waals surface area (Å²) in [5.74, 6) is 1.22. The quantitative estimate of drug-likeness (QED) is 0.815. The van der Waals surface area contributed by atoms with E-state index in [2.05, 4.69) is 56.4 Å². The fourth-order valence-electron chi connectivity index (χ4n) is 4.44. The van der Waals surface area contributed by atoms with E-state index in [-0.39, 0.29) is 17.4 Å². The summed E-state index contributed by atoms with van der Waals surface area (Å²) < 4.78 is 1.93. The van der Waals surface area contributed by atoms with E-state index >= 15 is 0 Å². The van der Waals surface area contributed by atoms with Gasteiger partial charge >= 0.3 is 0 Å². The molecule has 1 fully saturated rings. The zero-order valence-electron chi connectivity index (χ0n) is 16.2. The number of benzene rings is 1. The first-order chi connectivity index (χ1) is 12.5. The van der Waals surface area contributed by atoms with Crippen molar-refractivity contribution in [3.05, 3.63) is 66.5 Å². The second kappa shape index (κ2) is 8.03. The molecule has 1 aliphatic rings. The van der Waals surface area contributed by atoms with Gasteiger partial charge in [0.25, 0.3) is 5.91 Å². The fraction of sp³-hybridized carbons (Fsp3) is 0.478. The molecule has 3 nitrogen and oxygen atoms in total. The highest BCUT2D eigenvalue weighted by Crippen LogP contribution is 2.42. The Kier molecular flexibility index (Phi) is 5.75. The second-order valence-corrected chi connectivity index (χ2v) is 8.33. The molecule has 3 rings (SSSR count). The van der Waals surface area contributed by atoms with Crippen molar-refractivity contribution in [1.29, 1.82) is 0 Å². The maximum Gasteiger partial charge on any atom is 0.286 e. The van der Waals surface area contributed by atoms with E-state index in [0.717, 1.165) is 12.8 Å². The maximum absolute atomic E-state index is 12.7. The third-order valence-electron chi connectivity index (χ3n) is 6.01. The van der Waals surface area contributed by atoms with Crippen molar-refractivity contribution >= 4 is 5.91 Å².